The molecule has 0 atom stereocenters. The number of hydrogen-bond acceptors (Lipinski definition) is 3. The van der Waals surface area contributed by atoms with Crippen LogP contribution in [-0.4, -0.2) is 17.5 Å². The minimum atomic E-state index is -1.13. The molecule has 0 fully saturated rings. The second-order valence-corrected chi connectivity index (χ2v) is 2.90. The highest BCUT2D eigenvalue weighted by molar-refractivity contribution is 5.92. The largest absolute Gasteiger partial charge is 0.464 e. The van der Waals surface area contributed by atoms with Gasteiger partial charge in [0.25, 0.3) is 0 Å². The summed E-state index contributed by atoms with van der Waals surface area (Å²) in [5.74, 6) is 0.408. The van der Waals surface area contributed by atoms with Crippen molar-refractivity contribution in [3.05, 3.63) is 36.2 Å². The van der Waals surface area contributed by atoms with E-state index in [1.54, 1.807) is 12.1 Å². The maximum absolute atomic E-state index is 10.8. The molecule has 0 aromatic heterocycles. The predicted octanol–water partition coefficient (Wildman–Crippen LogP) is 1.85. The van der Waals surface area contributed by atoms with Crippen LogP contribution in [0.1, 0.15) is 10.4 Å². The molecule has 1 heterocycles. The lowest BCUT2D eigenvalue weighted by Gasteiger charge is -2.21. The van der Waals surface area contributed by atoms with E-state index in [9.17, 15) is 9.59 Å². The predicted molar refractivity (Wildman–Crippen MR) is 52.1 cm³/mol. The summed E-state index contributed by atoms with van der Waals surface area (Å²) in [7, 11) is 0. The first-order valence-electron chi connectivity index (χ1n) is 4.17. The quantitative estimate of drug-likeness (QED) is 0.710. The number of aldehydes is 1. The normalized spacial score (nSPS) is 12.9. The minimum Gasteiger partial charge on any atom is -0.464 e. The molecule has 0 spiro atoms. The van der Waals surface area contributed by atoms with Gasteiger partial charge in [0.15, 0.2) is 5.75 Å². The molecule has 76 valence electrons. The average Bonchev–Trinajstić information content (AvgIpc) is 2.27. The van der Waals surface area contributed by atoms with Crippen LogP contribution in [-0.2, 0) is 0 Å². The molecule has 0 bridgehead atoms. The van der Waals surface area contributed by atoms with Crippen molar-refractivity contribution in [1.29, 1.82) is 0 Å². The Labute approximate surface area is 85.2 Å². The summed E-state index contributed by atoms with van der Waals surface area (Å²) in [5.41, 5.74) is 0.744. The first-order valence-corrected chi connectivity index (χ1v) is 4.17. The number of amides is 1. The number of fused-ring (bicyclic) bond motifs is 1. The molecule has 5 nitrogen and oxygen atoms in total. The van der Waals surface area contributed by atoms with E-state index in [1.807, 2.05) is 0 Å². The Hall–Kier alpha value is -2.30. The van der Waals surface area contributed by atoms with E-state index in [0.29, 0.717) is 23.3 Å². The van der Waals surface area contributed by atoms with E-state index < -0.39 is 6.09 Å². The van der Waals surface area contributed by atoms with E-state index >= 15 is 0 Å². The smallest absolute Gasteiger partial charge is 0.416 e. The summed E-state index contributed by atoms with van der Waals surface area (Å²) < 4.78 is 5.10. The molecule has 1 aliphatic heterocycles. The lowest BCUT2D eigenvalue weighted by Crippen LogP contribution is -2.25. The molecule has 0 unspecified atom stereocenters. The number of benzene rings is 1. The Balaban J connectivity index is 2.52. The van der Waals surface area contributed by atoms with Crippen molar-refractivity contribution < 1.29 is 19.4 Å². The number of rotatable bonds is 1. The van der Waals surface area contributed by atoms with Gasteiger partial charge >= 0.3 is 6.09 Å². The van der Waals surface area contributed by atoms with Crippen molar-refractivity contribution in [3.8, 4) is 5.75 Å². The molecular formula is C10H7NO4. The van der Waals surface area contributed by atoms with Crippen LogP contribution in [0.25, 0.3) is 0 Å². The maximum Gasteiger partial charge on any atom is 0.416 e. The average molecular weight is 205 g/mol. The van der Waals surface area contributed by atoms with Gasteiger partial charge in [-0.25, -0.2) is 9.69 Å². The van der Waals surface area contributed by atoms with Gasteiger partial charge < -0.3 is 9.84 Å². The Bertz CT molecular complexity index is 453. The van der Waals surface area contributed by atoms with Gasteiger partial charge in [0.05, 0.1) is 11.9 Å². The minimum absolute atomic E-state index is 0.342. The van der Waals surface area contributed by atoms with Crippen molar-refractivity contribution >= 4 is 18.1 Å². The Morgan fingerprint density at radius 3 is 2.93 bits per heavy atom. The number of carboxylic acid groups (broad SMARTS) is 1. The van der Waals surface area contributed by atoms with E-state index in [4.69, 9.17) is 9.84 Å². The van der Waals surface area contributed by atoms with E-state index in [1.165, 1.54) is 18.5 Å². The van der Waals surface area contributed by atoms with Crippen molar-refractivity contribution in [3.63, 3.8) is 0 Å². The van der Waals surface area contributed by atoms with Gasteiger partial charge in [-0.1, -0.05) is 0 Å². The van der Waals surface area contributed by atoms with Crippen molar-refractivity contribution in [2.75, 3.05) is 4.90 Å². The molecule has 5 heteroatoms. The summed E-state index contributed by atoms with van der Waals surface area (Å²) in [4.78, 5) is 22.4. The molecule has 0 saturated heterocycles. The molecule has 0 saturated carbocycles. The number of anilines is 1. The van der Waals surface area contributed by atoms with Gasteiger partial charge in [-0.3, -0.25) is 4.79 Å². The van der Waals surface area contributed by atoms with Gasteiger partial charge in [-0.2, -0.15) is 0 Å². The van der Waals surface area contributed by atoms with Crippen LogP contribution in [0, 0.1) is 0 Å². The molecule has 15 heavy (non-hydrogen) atoms. The maximum atomic E-state index is 10.8. The van der Waals surface area contributed by atoms with Crippen LogP contribution in [0.15, 0.2) is 30.7 Å². The zero-order valence-corrected chi connectivity index (χ0v) is 7.58. The fourth-order valence-electron chi connectivity index (χ4n) is 1.31. The zero-order valence-electron chi connectivity index (χ0n) is 7.58. The fraction of sp³-hybridized carbons (Fsp3) is 0. The number of carbonyl (C=O) groups excluding carboxylic acids is 1. The van der Waals surface area contributed by atoms with Gasteiger partial charge in [0.2, 0.25) is 0 Å². The summed E-state index contributed by atoms with van der Waals surface area (Å²) in [6.45, 7) is 0. The molecule has 1 amide bonds. The molecule has 2 rings (SSSR count). The number of nitrogens with zero attached hydrogens (tertiary/aromatic N) is 1. The SMILES string of the molecule is O=Cc1ccc2c(c1)N(C(=O)O)C=CO2. The van der Waals surface area contributed by atoms with E-state index in [2.05, 4.69) is 0 Å². The summed E-state index contributed by atoms with van der Waals surface area (Å²) >= 11 is 0. The highest BCUT2D eigenvalue weighted by Gasteiger charge is 2.19. The first-order chi connectivity index (χ1) is 7.22. The van der Waals surface area contributed by atoms with Crippen LogP contribution < -0.4 is 9.64 Å². The fourth-order valence-corrected chi connectivity index (χ4v) is 1.31. The molecular weight excluding hydrogens is 198 g/mol. The Kier molecular flexibility index (Phi) is 2.13. The lowest BCUT2D eigenvalue weighted by atomic mass is 10.2. The molecule has 1 aromatic carbocycles. The second kappa shape index (κ2) is 3.45. The molecule has 1 aliphatic rings. The standard InChI is InChI=1S/C10H7NO4/c12-6-7-1-2-9-8(5-7)11(10(13)14)3-4-15-9/h1-6H,(H,13,14). The van der Waals surface area contributed by atoms with Crippen LogP contribution >= 0.6 is 0 Å². The summed E-state index contributed by atoms with van der Waals surface area (Å²) in [6, 6.07) is 4.57. The molecule has 0 radical (unpaired) electrons. The summed E-state index contributed by atoms with van der Waals surface area (Å²) in [6.07, 6.45) is 2.08. The first kappa shape index (κ1) is 9.26. The third kappa shape index (κ3) is 1.54. The van der Waals surface area contributed by atoms with Gasteiger partial charge in [0, 0.05) is 5.56 Å². The lowest BCUT2D eigenvalue weighted by molar-refractivity contribution is 0.112. The van der Waals surface area contributed by atoms with E-state index in [0.717, 1.165) is 4.90 Å². The van der Waals surface area contributed by atoms with Crippen LogP contribution in [0.5, 0.6) is 5.75 Å². The number of carbonyl (C=O) groups is 2. The van der Waals surface area contributed by atoms with Crippen LogP contribution in [0.2, 0.25) is 0 Å². The van der Waals surface area contributed by atoms with Crippen LogP contribution in [0.4, 0.5) is 10.5 Å². The zero-order chi connectivity index (χ0) is 10.8. The molecule has 1 aromatic rings. The van der Waals surface area contributed by atoms with Crippen molar-refractivity contribution in [2.24, 2.45) is 0 Å². The molecule has 0 aliphatic carbocycles. The number of ether oxygens (including phenoxy) is 1. The Morgan fingerprint density at radius 1 is 1.47 bits per heavy atom. The highest BCUT2D eigenvalue weighted by Crippen LogP contribution is 2.32. The monoisotopic (exact) mass is 205 g/mol. The number of hydrogen-bond donors (Lipinski definition) is 1. The van der Waals surface area contributed by atoms with E-state index in [-0.39, 0.29) is 0 Å². The van der Waals surface area contributed by atoms with Gasteiger partial charge in [0.1, 0.15) is 12.5 Å². The van der Waals surface area contributed by atoms with Crippen LogP contribution in [0.3, 0.4) is 0 Å². The van der Waals surface area contributed by atoms with Gasteiger partial charge in [-0.05, 0) is 18.2 Å². The third-order valence-electron chi connectivity index (χ3n) is 1.99. The van der Waals surface area contributed by atoms with Crippen molar-refractivity contribution in [2.45, 2.75) is 0 Å². The third-order valence-corrected chi connectivity index (χ3v) is 1.99. The van der Waals surface area contributed by atoms with Crippen molar-refractivity contribution in [1.82, 2.24) is 0 Å². The Morgan fingerprint density at radius 2 is 2.27 bits per heavy atom. The summed E-state index contributed by atoms with van der Waals surface area (Å²) in [5, 5.41) is 8.88. The highest BCUT2D eigenvalue weighted by atomic mass is 16.5. The molecule has 1 N–H and O–H groups in total. The topological polar surface area (TPSA) is 66.8 Å². The second-order valence-electron chi connectivity index (χ2n) is 2.90. The van der Waals surface area contributed by atoms with Gasteiger partial charge in [-0.15, -0.1) is 0 Å².